The maximum Gasteiger partial charge on any atom is 0.295 e. The van der Waals surface area contributed by atoms with Gasteiger partial charge in [-0.05, 0) is 50.3 Å². The fourth-order valence-electron chi connectivity index (χ4n) is 4.43. The van der Waals surface area contributed by atoms with E-state index in [-0.39, 0.29) is 17.1 Å². The Hall–Kier alpha value is -3.94. The van der Waals surface area contributed by atoms with Gasteiger partial charge >= 0.3 is 0 Å². The molecule has 8 heteroatoms. The number of hydrogen-bond donors (Lipinski definition) is 1. The molecular formula is C25H23FN4O3. The number of carbonyl (C=O) groups is 1. The van der Waals surface area contributed by atoms with Crippen LogP contribution in [0.4, 0.5) is 10.1 Å². The monoisotopic (exact) mass is 446 g/mol. The zero-order valence-corrected chi connectivity index (χ0v) is 18.4. The van der Waals surface area contributed by atoms with Crippen molar-refractivity contribution < 1.29 is 13.7 Å². The first-order chi connectivity index (χ1) is 16.0. The lowest BCUT2D eigenvalue weighted by Gasteiger charge is -2.12. The molecule has 0 saturated heterocycles. The van der Waals surface area contributed by atoms with Crippen LogP contribution in [0, 0.1) is 12.7 Å². The van der Waals surface area contributed by atoms with Gasteiger partial charge in [0.15, 0.2) is 11.5 Å². The van der Waals surface area contributed by atoms with Crippen molar-refractivity contribution in [2.75, 3.05) is 5.32 Å². The first kappa shape index (κ1) is 20.9. The number of nitrogens with zero attached hydrogens (tertiary/aromatic N) is 3. The van der Waals surface area contributed by atoms with Gasteiger partial charge in [-0.3, -0.25) is 14.3 Å². The highest BCUT2D eigenvalue weighted by Gasteiger charge is 2.27. The van der Waals surface area contributed by atoms with Crippen LogP contribution in [0.1, 0.15) is 40.2 Å². The molecule has 2 aromatic heterocycles. The minimum atomic E-state index is -0.533. The van der Waals surface area contributed by atoms with E-state index in [1.807, 2.05) is 18.2 Å². The van der Waals surface area contributed by atoms with Crippen molar-refractivity contribution in [1.82, 2.24) is 14.5 Å². The van der Waals surface area contributed by atoms with E-state index in [4.69, 9.17) is 4.52 Å². The van der Waals surface area contributed by atoms with E-state index in [0.29, 0.717) is 17.9 Å². The number of halogens is 1. The summed E-state index contributed by atoms with van der Waals surface area (Å²) in [6, 6.07) is 14.0. The summed E-state index contributed by atoms with van der Waals surface area (Å²) in [5.74, 6) is -0.455. The fourth-order valence-corrected chi connectivity index (χ4v) is 4.43. The number of para-hydroxylation sites is 1. The largest absolute Gasteiger partial charge is 0.355 e. The predicted molar refractivity (Wildman–Crippen MR) is 122 cm³/mol. The van der Waals surface area contributed by atoms with Gasteiger partial charge in [0.05, 0.1) is 5.69 Å². The molecule has 1 amide bonds. The number of aryl methyl sites for hydroxylation is 1. The van der Waals surface area contributed by atoms with E-state index < -0.39 is 17.3 Å². The SMILES string of the molecule is Cc1c(NC(=O)c2noc3c2CCCCc2ccccc2-3)c(=O)n(-c2ccccc2F)n1C. The number of fused-ring (bicyclic) bond motifs is 3. The standard InChI is InChI=1S/C25H23FN4O3/c1-15-21(25(32)30(29(15)2)20-14-8-7-13-19(20)26)27-24(31)22-18-12-6-4-10-16-9-3-5-11-17(16)23(18)33-28-22/h3,5,7-9,11,13-14H,4,6,10,12H2,1-2H3,(H,27,31). The van der Waals surface area contributed by atoms with Crippen LogP contribution in [-0.4, -0.2) is 20.4 Å². The van der Waals surface area contributed by atoms with Gasteiger partial charge in [-0.15, -0.1) is 0 Å². The van der Waals surface area contributed by atoms with Crippen molar-refractivity contribution in [3.8, 4) is 17.0 Å². The van der Waals surface area contributed by atoms with Crippen molar-refractivity contribution in [2.24, 2.45) is 7.05 Å². The van der Waals surface area contributed by atoms with Gasteiger partial charge < -0.3 is 9.84 Å². The Bertz CT molecular complexity index is 1430. The van der Waals surface area contributed by atoms with E-state index in [0.717, 1.165) is 36.0 Å². The maximum atomic E-state index is 14.4. The number of rotatable bonds is 3. The zero-order valence-electron chi connectivity index (χ0n) is 18.4. The first-order valence-corrected chi connectivity index (χ1v) is 10.9. The van der Waals surface area contributed by atoms with E-state index in [2.05, 4.69) is 16.5 Å². The lowest BCUT2D eigenvalue weighted by atomic mass is 9.91. The Kier molecular flexibility index (Phi) is 5.20. The summed E-state index contributed by atoms with van der Waals surface area (Å²) in [6.07, 6.45) is 3.49. The Labute approximate surface area is 189 Å². The van der Waals surface area contributed by atoms with Gasteiger partial charge in [0.1, 0.15) is 17.2 Å². The maximum absolute atomic E-state index is 14.4. The molecule has 4 aromatic rings. The van der Waals surface area contributed by atoms with Crippen LogP contribution in [0.25, 0.3) is 17.0 Å². The molecule has 0 unspecified atom stereocenters. The number of hydrogen-bond acceptors (Lipinski definition) is 4. The number of anilines is 1. The quantitative estimate of drug-likeness (QED) is 0.505. The number of amides is 1. The number of carbonyl (C=O) groups excluding carboxylic acids is 1. The highest BCUT2D eigenvalue weighted by Crippen LogP contribution is 2.33. The highest BCUT2D eigenvalue weighted by atomic mass is 19.1. The number of aromatic nitrogens is 3. The smallest absolute Gasteiger partial charge is 0.295 e. The molecule has 0 fully saturated rings. The third-order valence-electron chi connectivity index (χ3n) is 6.26. The third kappa shape index (κ3) is 3.47. The molecule has 1 N–H and O–H groups in total. The second-order valence-corrected chi connectivity index (χ2v) is 8.21. The highest BCUT2D eigenvalue weighted by molar-refractivity contribution is 6.05. The second-order valence-electron chi connectivity index (χ2n) is 8.21. The first-order valence-electron chi connectivity index (χ1n) is 10.9. The average molecular weight is 446 g/mol. The molecule has 5 rings (SSSR count). The van der Waals surface area contributed by atoms with Crippen LogP contribution in [0.3, 0.4) is 0 Å². The zero-order chi connectivity index (χ0) is 23.1. The van der Waals surface area contributed by atoms with E-state index in [9.17, 15) is 14.0 Å². The van der Waals surface area contributed by atoms with Gasteiger partial charge in [-0.2, -0.15) is 0 Å². The molecular weight excluding hydrogens is 423 g/mol. The molecule has 0 radical (unpaired) electrons. The second kappa shape index (κ2) is 8.20. The lowest BCUT2D eigenvalue weighted by Crippen LogP contribution is -2.24. The molecule has 0 saturated carbocycles. The predicted octanol–water partition coefficient (Wildman–Crippen LogP) is 4.41. The van der Waals surface area contributed by atoms with E-state index in [1.54, 1.807) is 26.1 Å². The van der Waals surface area contributed by atoms with Crippen LogP contribution >= 0.6 is 0 Å². The fraction of sp³-hybridized carbons (Fsp3) is 0.240. The Morgan fingerprint density at radius 1 is 1.09 bits per heavy atom. The topological polar surface area (TPSA) is 82.1 Å². The molecule has 7 nitrogen and oxygen atoms in total. The van der Waals surface area contributed by atoms with Crippen LogP contribution in [0.2, 0.25) is 0 Å². The summed E-state index contributed by atoms with van der Waals surface area (Å²) < 4.78 is 22.7. The van der Waals surface area contributed by atoms with Crippen LogP contribution in [0.5, 0.6) is 0 Å². The Balaban J connectivity index is 1.54. The molecule has 33 heavy (non-hydrogen) atoms. The average Bonchev–Trinajstić information content (AvgIpc) is 3.30. The minimum absolute atomic E-state index is 0.0775. The normalized spacial score (nSPS) is 13.1. The Morgan fingerprint density at radius 3 is 2.64 bits per heavy atom. The molecule has 1 aliphatic carbocycles. The Morgan fingerprint density at radius 2 is 1.82 bits per heavy atom. The van der Waals surface area contributed by atoms with Crippen molar-refractivity contribution in [3.05, 3.63) is 87.2 Å². The molecule has 0 spiro atoms. The summed E-state index contributed by atoms with van der Waals surface area (Å²) in [7, 11) is 1.64. The van der Waals surface area contributed by atoms with Crippen LogP contribution in [0.15, 0.2) is 57.8 Å². The lowest BCUT2D eigenvalue weighted by molar-refractivity contribution is 0.101. The van der Waals surface area contributed by atoms with Gasteiger partial charge in [-0.1, -0.05) is 41.6 Å². The summed E-state index contributed by atoms with van der Waals surface area (Å²) in [4.78, 5) is 26.4. The molecule has 168 valence electrons. The van der Waals surface area contributed by atoms with Gasteiger partial charge in [-0.25, -0.2) is 9.07 Å². The minimum Gasteiger partial charge on any atom is -0.355 e. The molecule has 2 aromatic carbocycles. The molecule has 0 aliphatic heterocycles. The van der Waals surface area contributed by atoms with Crippen LogP contribution in [-0.2, 0) is 19.9 Å². The van der Waals surface area contributed by atoms with E-state index in [1.165, 1.54) is 21.5 Å². The summed E-state index contributed by atoms with van der Waals surface area (Å²) in [5, 5.41) is 6.78. The molecule has 1 aliphatic rings. The summed E-state index contributed by atoms with van der Waals surface area (Å²) >= 11 is 0. The van der Waals surface area contributed by atoms with Crippen LogP contribution < -0.4 is 10.9 Å². The van der Waals surface area contributed by atoms with Gasteiger partial charge in [0, 0.05) is 18.2 Å². The van der Waals surface area contributed by atoms with Crippen molar-refractivity contribution in [2.45, 2.75) is 32.6 Å². The van der Waals surface area contributed by atoms with Crippen molar-refractivity contribution in [3.63, 3.8) is 0 Å². The van der Waals surface area contributed by atoms with Gasteiger partial charge in [0.2, 0.25) is 0 Å². The number of benzene rings is 2. The molecule has 2 heterocycles. The summed E-state index contributed by atoms with van der Waals surface area (Å²) in [6.45, 7) is 1.69. The van der Waals surface area contributed by atoms with Gasteiger partial charge in [0.25, 0.3) is 11.5 Å². The van der Waals surface area contributed by atoms with Crippen molar-refractivity contribution in [1.29, 1.82) is 0 Å². The molecule has 0 bridgehead atoms. The third-order valence-corrected chi connectivity index (χ3v) is 6.26. The molecule has 0 atom stereocenters. The number of nitrogens with one attached hydrogen (secondary N) is 1. The van der Waals surface area contributed by atoms with E-state index >= 15 is 0 Å². The van der Waals surface area contributed by atoms with Crippen molar-refractivity contribution >= 4 is 11.6 Å². The summed E-state index contributed by atoms with van der Waals surface area (Å²) in [5.41, 5.74) is 3.17.